The van der Waals surface area contributed by atoms with Crippen molar-refractivity contribution >= 4 is 10.0 Å². The van der Waals surface area contributed by atoms with Gasteiger partial charge in [-0.2, -0.15) is 13.2 Å². The van der Waals surface area contributed by atoms with Gasteiger partial charge in [0.2, 0.25) is 10.0 Å². The van der Waals surface area contributed by atoms with E-state index in [1.807, 2.05) is 13.8 Å². The summed E-state index contributed by atoms with van der Waals surface area (Å²) < 4.78 is 75.5. The maximum atomic E-state index is 13.3. The quantitative estimate of drug-likeness (QED) is 0.709. The minimum atomic E-state index is -4.60. The summed E-state index contributed by atoms with van der Waals surface area (Å²) in [5.74, 6) is -0.661. The van der Waals surface area contributed by atoms with Gasteiger partial charge in [0, 0.05) is 0 Å². The van der Waals surface area contributed by atoms with Crippen LogP contribution in [0.2, 0.25) is 0 Å². The molecule has 0 bridgehead atoms. The SMILES string of the molecule is CC1(C)[C@@H](CCc2ccc(F)cc2C(F)(F)F)[C@@H]1c1ccc(S(N)(=O)=O)cc1. The van der Waals surface area contributed by atoms with E-state index in [1.165, 1.54) is 18.2 Å². The largest absolute Gasteiger partial charge is 0.416 e. The van der Waals surface area contributed by atoms with E-state index in [1.54, 1.807) is 12.1 Å². The number of sulfonamides is 1. The fourth-order valence-electron chi connectivity index (χ4n) is 4.15. The van der Waals surface area contributed by atoms with Crippen LogP contribution in [0.5, 0.6) is 0 Å². The Balaban J connectivity index is 1.76. The third-order valence-corrected chi connectivity index (χ3v) is 6.65. The first-order valence-electron chi connectivity index (χ1n) is 8.80. The summed E-state index contributed by atoms with van der Waals surface area (Å²) in [7, 11) is -3.77. The Kier molecular flexibility index (Phi) is 5.08. The molecule has 1 aliphatic carbocycles. The third kappa shape index (κ3) is 4.07. The molecule has 2 N–H and O–H groups in total. The molecular weight excluding hydrogens is 394 g/mol. The smallest absolute Gasteiger partial charge is 0.225 e. The fraction of sp³-hybridized carbons (Fsp3) is 0.400. The molecule has 8 heteroatoms. The van der Waals surface area contributed by atoms with Gasteiger partial charge in [0.05, 0.1) is 10.5 Å². The zero-order chi connectivity index (χ0) is 20.9. The van der Waals surface area contributed by atoms with Crippen molar-refractivity contribution in [1.29, 1.82) is 0 Å². The first-order chi connectivity index (χ1) is 12.8. The molecule has 0 unspecified atom stereocenters. The number of halogens is 4. The Morgan fingerprint density at radius 1 is 1.07 bits per heavy atom. The van der Waals surface area contributed by atoms with Gasteiger partial charge in [-0.1, -0.05) is 32.0 Å². The molecule has 0 amide bonds. The Bertz CT molecular complexity index is 982. The summed E-state index contributed by atoms with van der Waals surface area (Å²) in [6, 6.07) is 9.07. The monoisotopic (exact) mass is 415 g/mol. The molecule has 0 saturated heterocycles. The molecule has 0 aliphatic heterocycles. The van der Waals surface area contributed by atoms with Crippen LogP contribution in [0.4, 0.5) is 17.6 Å². The first-order valence-corrected chi connectivity index (χ1v) is 10.3. The Morgan fingerprint density at radius 3 is 2.21 bits per heavy atom. The number of hydrogen-bond donors (Lipinski definition) is 1. The summed E-state index contributed by atoms with van der Waals surface area (Å²) in [5, 5.41) is 5.10. The van der Waals surface area contributed by atoms with E-state index < -0.39 is 27.6 Å². The highest BCUT2D eigenvalue weighted by atomic mass is 32.2. The highest BCUT2D eigenvalue weighted by Gasteiger charge is 2.57. The van der Waals surface area contributed by atoms with E-state index in [9.17, 15) is 26.0 Å². The van der Waals surface area contributed by atoms with Gasteiger partial charge in [0.25, 0.3) is 0 Å². The van der Waals surface area contributed by atoms with Gasteiger partial charge in [-0.15, -0.1) is 0 Å². The van der Waals surface area contributed by atoms with Crippen molar-refractivity contribution in [2.75, 3.05) is 0 Å². The van der Waals surface area contributed by atoms with E-state index in [-0.39, 0.29) is 34.1 Å². The molecule has 2 aromatic rings. The van der Waals surface area contributed by atoms with Gasteiger partial charge < -0.3 is 0 Å². The normalized spacial score (nSPS) is 21.5. The number of aryl methyl sites for hydroxylation is 1. The number of rotatable bonds is 5. The predicted molar refractivity (Wildman–Crippen MR) is 97.6 cm³/mol. The summed E-state index contributed by atoms with van der Waals surface area (Å²) in [6.07, 6.45) is -3.89. The van der Waals surface area contributed by atoms with Crippen LogP contribution in [0.25, 0.3) is 0 Å². The zero-order valence-corrected chi connectivity index (χ0v) is 16.2. The highest BCUT2D eigenvalue weighted by Crippen LogP contribution is 2.66. The van der Waals surface area contributed by atoms with Gasteiger partial charge in [-0.05, 0) is 65.5 Å². The second-order valence-electron chi connectivity index (χ2n) is 7.86. The molecule has 0 aromatic heterocycles. The second kappa shape index (κ2) is 6.84. The standard InChI is InChI=1S/C20H21F4NO2S/c1-19(2)16(18(19)13-4-8-15(9-5-13)28(25,26)27)10-6-12-3-7-14(21)11-17(12)20(22,23)24/h3-5,7-9,11,16,18H,6,10H2,1-2H3,(H2,25,26,27)/t16-,18-/m0/s1. The van der Waals surface area contributed by atoms with E-state index >= 15 is 0 Å². The van der Waals surface area contributed by atoms with Gasteiger partial charge in [-0.25, -0.2) is 17.9 Å². The lowest BCUT2D eigenvalue weighted by atomic mass is 9.98. The fourth-order valence-corrected chi connectivity index (χ4v) is 4.67. The van der Waals surface area contributed by atoms with Crippen LogP contribution in [-0.2, 0) is 22.6 Å². The minimum Gasteiger partial charge on any atom is -0.225 e. The van der Waals surface area contributed by atoms with Crippen molar-refractivity contribution in [3.63, 3.8) is 0 Å². The molecule has 2 atom stereocenters. The number of benzene rings is 2. The van der Waals surface area contributed by atoms with Crippen molar-refractivity contribution in [3.05, 3.63) is 65.0 Å². The van der Waals surface area contributed by atoms with Crippen LogP contribution in [0, 0.1) is 17.2 Å². The Morgan fingerprint density at radius 2 is 1.68 bits per heavy atom. The number of primary sulfonamides is 1. The molecular formula is C20H21F4NO2S. The number of nitrogens with two attached hydrogens (primary N) is 1. The first kappa shape index (κ1) is 20.8. The molecule has 1 saturated carbocycles. The van der Waals surface area contributed by atoms with Crippen molar-refractivity contribution in [3.8, 4) is 0 Å². The molecule has 3 nitrogen and oxygen atoms in total. The molecule has 1 aliphatic rings. The van der Waals surface area contributed by atoms with E-state index in [0.29, 0.717) is 12.5 Å². The van der Waals surface area contributed by atoms with Crippen LogP contribution >= 0.6 is 0 Å². The van der Waals surface area contributed by atoms with E-state index in [4.69, 9.17) is 5.14 Å². The predicted octanol–water partition coefficient (Wildman–Crippen LogP) is 4.86. The van der Waals surface area contributed by atoms with Crippen LogP contribution in [0.15, 0.2) is 47.4 Å². The van der Waals surface area contributed by atoms with Gasteiger partial charge >= 0.3 is 6.18 Å². The molecule has 28 heavy (non-hydrogen) atoms. The van der Waals surface area contributed by atoms with Gasteiger partial charge in [-0.3, -0.25) is 0 Å². The average Bonchev–Trinajstić information content (AvgIpc) is 3.13. The lowest BCUT2D eigenvalue weighted by Gasteiger charge is -2.13. The van der Waals surface area contributed by atoms with Gasteiger partial charge in [0.1, 0.15) is 5.82 Å². The molecule has 0 spiro atoms. The Labute approximate surface area is 161 Å². The van der Waals surface area contributed by atoms with Crippen LogP contribution in [0.1, 0.15) is 42.9 Å². The molecule has 152 valence electrons. The minimum absolute atomic E-state index is 0.0207. The maximum Gasteiger partial charge on any atom is 0.416 e. The molecule has 0 heterocycles. The molecule has 3 rings (SSSR count). The molecule has 2 aromatic carbocycles. The third-order valence-electron chi connectivity index (χ3n) is 5.72. The molecule has 0 radical (unpaired) electrons. The molecule has 1 fully saturated rings. The Hall–Kier alpha value is -1.93. The lowest BCUT2D eigenvalue weighted by molar-refractivity contribution is -0.138. The van der Waals surface area contributed by atoms with Crippen molar-refractivity contribution in [2.24, 2.45) is 16.5 Å². The van der Waals surface area contributed by atoms with Crippen LogP contribution < -0.4 is 5.14 Å². The maximum absolute atomic E-state index is 13.3. The van der Waals surface area contributed by atoms with Crippen molar-refractivity contribution < 1.29 is 26.0 Å². The van der Waals surface area contributed by atoms with E-state index in [2.05, 4.69) is 0 Å². The number of alkyl halides is 3. The second-order valence-corrected chi connectivity index (χ2v) is 9.42. The van der Waals surface area contributed by atoms with Crippen LogP contribution in [-0.4, -0.2) is 8.42 Å². The van der Waals surface area contributed by atoms with Crippen molar-refractivity contribution in [1.82, 2.24) is 0 Å². The topological polar surface area (TPSA) is 60.2 Å². The summed E-state index contributed by atoms with van der Waals surface area (Å²) in [5.41, 5.74) is -0.0425. The van der Waals surface area contributed by atoms with E-state index in [0.717, 1.165) is 11.6 Å². The number of hydrogen-bond acceptors (Lipinski definition) is 2. The highest BCUT2D eigenvalue weighted by molar-refractivity contribution is 7.89. The van der Waals surface area contributed by atoms with Crippen molar-refractivity contribution in [2.45, 2.75) is 43.7 Å². The van der Waals surface area contributed by atoms with Crippen LogP contribution in [0.3, 0.4) is 0 Å². The van der Waals surface area contributed by atoms with Gasteiger partial charge in [0.15, 0.2) is 0 Å². The summed E-state index contributed by atoms with van der Waals surface area (Å²) >= 11 is 0. The summed E-state index contributed by atoms with van der Waals surface area (Å²) in [6.45, 7) is 4.07. The zero-order valence-electron chi connectivity index (χ0n) is 15.4. The summed E-state index contributed by atoms with van der Waals surface area (Å²) in [4.78, 5) is 0.0207. The lowest BCUT2D eigenvalue weighted by Crippen LogP contribution is -2.11. The average molecular weight is 415 g/mol.